The van der Waals surface area contributed by atoms with Gasteiger partial charge >= 0.3 is 6.09 Å². The SMILES string of the molecule is CCCCCCCCC1CN(C(=O)OC(C)(C)C)CC1C=O. The van der Waals surface area contributed by atoms with Crippen molar-refractivity contribution in [2.24, 2.45) is 11.8 Å². The molecule has 1 saturated heterocycles. The van der Waals surface area contributed by atoms with Gasteiger partial charge in [0.2, 0.25) is 0 Å². The molecule has 1 rings (SSSR count). The van der Waals surface area contributed by atoms with E-state index in [1.54, 1.807) is 4.90 Å². The molecule has 4 nitrogen and oxygen atoms in total. The van der Waals surface area contributed by atoms with Crippen molar-refractivity contribution in [3.8, 4) is 0 Å². The van der Waals surface area contributed by atoms with Crippen LogP contribution < -0.4 is 0 Å². The van der Waals surface area contributed by atoms with Crippen LogP contribution in [0.5, 0.6) is 0 Å². The summed E-state index contributed by atoms with van der Waals surface area (Å²) in [6.45, 7) is 8.99. The van der Waals surface area contributed by atoms with E-state index in [0.29, 0.717) is 19.0 Å². The van der Waals surface area contributed by atoms with Gasteiger partial charge in [-0.1, -0.05) is 45.4 Å². The molecule has 2 unspecified atom stereocenters. The van der Waals surface area contributed by atoms with E-state index in [0.717, 1.165) is 19.1 Å². The lowest BCUT2D eigenvalue weighted by Gasteiger charge is -2.24. The summed E-state index contributed by atoms with van der Waals surface area (Å²) >= 11 is 0. The van der Waals surface area contributed by atoms with Gasteiger partial charge in [0.1, 0.15) is 11.9 Å². The van der Waals surface area contributed by atoms with Crippen LogP contribution in [0.2, 0.25) is 0 Å². The third-order valence-electron chi connectivity index (χ3n) is 4.25. The van der Waals surface area contributed by atoms with Gasteiger partial charge < -0.3 is 14.4 Å². The van der Waals surface area contributed by atoms with Crippen LogP contribution in [0.1, 0.15) is 72.6 Å². The zero-order chi connectivity index (χ0) is 16.6. The molecule has 1 heterocycles. The van der Waals surface area contributed by atoms with Crippen molar-refractivity contribution in [3.63, 3.8) is 0 Å². The fourth-order valence-electron chi connectivity index (χ4n) is 3.02. The Kier molecular flexibility index (Phi) is 7.91. The first kappa shape index (κ1) is 19.0. The van der Waals surface area contributed by atoms with Crippen molar-refractivity contribution in [2.75, 3.05) is 13.1 Å². The second-order valence-corrected chi connectivity index (χ2v) is 7.50. The number of carbonyl (C=O) groups is 2. The Morgan fingerprint density at radius 1 is 1.14 bits per heavy atom. The number of hydrogen-bond donors (Lipinski definition) is 0. The fraction of sp³-hybridized carbons (Fsp3) is 0.889. The molecule has 22 heavy (non-hydrogen) atoms. The van der Waals surface area contributed by atoms with Gasteiger partial charge in [-0.3, -0.25) is 0 Å². The number of hydrogen-bond acceptors (Lipinski definition) is 3. The zero-order valence-corrected chi connectivity index (χ0v) is 14.8. The van der Waals surface area contributed by atoms with E-state index in [1.165, 1.54) is 32.1 Å². The van der Waals surface area contributed by atoms with E-state index >= 15 is 0 Å². The van der Waals surface area contributed by atoms with Gasteiger partial charge in [-0.15, -0.1) is 0 Å². The second-order valence-electron chi connectivity index (χ2n) is 7.50. The Morgan fingerprint density at radius 3 is 2.36 bits per heavy atom. The number of carbonyl (C=O) groups excluding carboxylic acids is 2. The first-order chi connectivity index (χ1) is 10.4. The van der Waals surface area contributed by atoms with Crippen molar-refractivity contribution in [1.82, 2.24) is 4.90 Å². The zero-order valence-electron chi connectivity index (χ0n) is 14.8. The van der Waals surface area contributed by atoms with Crippen molar-refractivity contribution in [2.45, 2.75) is 78.2 Å². The summed E-state index contributed by atoms with van der Waals surface area (Å²) in [6, 6.07) is 0. The Morgan fingerprint density at radius 2 is 1.77 bits per heavy atom. The summed E-state index contributed by atoms with van der Waals surface area (Å²) in [4.78, 5) is 25.1. The lowest BCUT2D eigenvalue weighted by Crippen LogP contribution is -2.35. The van der Waals surface area contributed by atoms with E-state index in [-0.39, 0.29) is 12.0 Å². The highest BCUT2D eigenvalue weighted by Gasteiger charge is 2.36. The summed E-state index contributed by atoms with van der Waals surface area (Å²) < 4.78 is 5.40. The van der Waals surface area contributed by atoms with Crippen LogP contribution in [0, 0.1) is 11.8 Å². The van der Waals surface area contributed by atoms with Crippen LogP contribution in [-0.4, -0.2) is 36.0 Å². The second kappa shape index (κ2) is 9.16. The molecule has 0 aromatic rings. The molecular weight excluding hydrogens is 278 g/mol. The standard InChI is InChI=1S/C18H33NO3/c1-5-6-7-8-9-10-11-15-12-19(13-16(15)14-20)17(21)22-18(2,3)4/h14-16H,5-13H2,1-4H3. The van der Waals surface area contributed by atoms with E-state index in [4.69, 9.17) is 4.74 Å². The van der Waals surface area contributed by atoms with Gasteiger partial charge in [0.05, 0.1) is 0 Å². The van der Waals surface area contributed by atoms with Gasteiger partial charge in [-0.05, 0) is 33.1 Å². The van der Waals surface area contributed by atoms with Gasteiger partial charge in [-0.25, -0.2) is 4.79 Å². The molecule has 0 spiro atoms. The molecule has 0 aromatic carbocycles. The molecule has 2 atom stereocenters. The lowest BCUT2D eigenvalue weighted by molar-refractivity contribution is -0.111. The lowest BCUT2D eigenvalue weighted by atomic mass is 9.91. The van der Waals surface area contributed by atoms with Crippen LogP contribution >= 0.6 is 0 Å². The minimum Gasteiger partial charge on any atom is -0.444 e. The van der Waals surface area contributed by atoms with Gasteiger partial charge in [0.25, 0.3) is 0 Å². The van der Waals surface area contributed by atoms with Crippen LogP contribution in [0.15, 0.2) is 0 Å². The molecule has 4 heteroatoms. The summed E-state index contributed by atoms with van der Waals surface area (Å²) in [7, 11) is 0. The molecule has 1 aliphatic rings. The molecule has 0 aliphatic carbocycles. The van der Waals surface area contributed by atoms with E-state index in [1.807, 2.05) is 20.8 Å². The van der Waals surface area contributed by atoms with Crippen molar-refractivity contribution < 1.29 is 14.3 Å². The summed E-state index contributed by atoms with van der Waals surface area (Å²) in [5.41, 5.74) is -0.481. The number of ether oxygens (including phenoxy) is 1. The van der Waals surface area contributed by atoms with Crippen molar-refractivity contribution in [3.05, 3.63) is 0 Å². The third kappa shape index (κ3) is 6.80. The van der Waals surface area contributed by atoms with Gasteiger partial charge in [0.15, 0.2) is 0 Å². The van der Waals surface area contributed by atoms with Gasteiger partial charge in [-0.2, -0.15) is 0 Å². The maximum absolute atomic E-state index is 12.1. The number of nitrogens with zero attached hydrogens (tertiary/aromatic N) is 1. The Balaban J connectivity index is 2.35. The number of aldehydes is 1. The average molecular weight is 311 g/mol. The average Bonchev–Trinajstić information content (AvgIpc) is 2.84. The third-order valence-corrected chi connectivity index (χ3v) is 4.25. The molecule has 0 bridgehead atoms. The molecule has 0 N–H and O–H groups in total. The van der Waals surface area contributed by atoms with E-state index < -0.39 is 5.60 Å². The monoisotopic (exact) mass is 311 g/mol. The van der Waals surface area contributed by atoms with E-state index in [2.05, 4.69) is 6.92 Å². The van der Waals surface area contributed by atoms with Crippen LogP contribution in [0.25, 0.3) is 0 Å². The molecule has 0 radical (unpaired) electrons. The first-order valence-electron chi connectivity index (χ1n) is 8.80. The Hall–Kier alpha value is -1.06. The number of unbranched alkanes of at least 4 members (excludes halogenated alkanes) is 5. The van der Waals surface area contributed by atoms with E-state index in [9.17, 15) is 9.59 Å². The van der Waals surface area contributed by atoms with Crippen molar-refractivity contribution >= 4 is 12.4 Å². The molecular formula is C18H33NO3. The molecule has 128 valence electrons. The predicted octanol–water partition coefficient (Wildman–Crippen LogP) is 4.42. The number of likely N-dealkylation sites (tertiary alicyclic amines) is 1. The smallest absolute Gasteiger partial charge is 0.410 e. The predicted molar refractivity (Wildman–Crippen MR) is 88.8 cm³/mol. The highest BCUT2D eigenvalue weighted by atomic mass is 16.6. The quantitative estimate of drug-likeness (QED) is 0.492. The molecule has 0 saturated carbocycles. The van der Waals surface area contributed by atoms with Crippen LogP contribution in [0.4, 0.5) is 4.79 Å². The highest BCUT2D eigenvalue weighted by molar-refractivity contribution is 5.70. The molecule has 1 fully saturated rings. The number of amides is 1. The topological polar surface area (TPSA) is 46.6 Å². The maximum Gasteiger partial charge on any atom is 0.410 e. The molecule has 0 aromatic heterocycles. The van der Waals surface area contributed by atoms with Crippen LogP contribution in [0.3, 0.4) is 0 Å². The minimum absolute atomic E-state index is 0.0249. The Bertz CT molecular complexity index is 349. The van der Waals surface area contributed by atoms with Gasteiger partial charge in [0, 0.05) is 19.0 Å². The number of rotatable bonds is 8. The normalized spacial score (nSPS) is 21.9. The Labute approximate surface area is 135 Å². The summed E-state index contributed by atoms with van der Waals surface area (Å²) in [5.74, 6) is 0.277. The van der Waals surface area contributed by atoms with Crippen molar-refractivity contribution in [1.29, 1.82) is 0 Å². The minimum atomic E-state index is -0.481. The molecule has 1 amide bonds. The first-order valence-corrected chi connectivity index (χ1v) is 8.80. The fourth-order valence-corrected chi connectivity index (χ4v) is 3.02. The summed E-state index contributed by atoms with van der Waals surface area (Å²) in [5, 5.41) is 0. The maximum atomic E-state index is 12.1. The largest absolute Gasteiger partial charge is 0.444 e. The molecule has 1 aliphatic heterocycles. The summed E-state index contributed by atoms with van der Waals surface area (Å²) in [6.07, 6.45) is 9.32. The van der Waals surface area contributed by atoms with Crippen LogP contribution in [-0.2, 0) is 9.53 Å². The highest BCUT2D eigenvalue weighted by Crippen LogP contribution is 2.28.